The van der Waals surface area contributed by atoms with Crippen molar-refractivity contribution in [2.45, 2.75) is 77.3 Å². The Labute approximate surface area is 119 Å². The average Bonchev–Trinajstić information content (AvgIpc) is 2.44. The van der Waals surface area contributed by atoms with Crippen molar-refractivity contribution in [2.24, 2.45) is 0 Å². The molecule has 1 heterocycles. The molecule has 19 heavy (non-hydrogen) atoms. The number of likely N-dealkylation sites (tertiary alicyclic amines) is 1. The van der Waals surface area contributed by atoms with Crippen LogP contribution in [0.2, 0.25) is 0 Å². The van der Waals surface area contributed by atoms with Crippen molar-refractivity contribution in [3.8, 4) is 0 Å². The van der Waals surface area contributed by atoms with Crippen molar-refractivity contribution in [3.05, 3.63) is 0 Å². The number of hydrogen-bond acceptors (Lipinski definition) is 3. The van der Waals surface area contributed by atoms with E-state index in [1.54, 1.807) is 0 Å². The molecule has 2 atom stereocenters. The van der Waals surface area contributed by atoms with Crippen LogP contribution in [0.4, 0.5) is 0 Å². The molecule has 1 rings (SSSR count). The van der Waals surface area contributed by atoms with Crippen LogP contribution in [0.25, 0.3) is 0 Å². The minimum absolute atomic E-state index is 0.0825. The third kappa shape index (κ3) is 5.80. The van der Waals surface area contributed by atoms with Gasteiger partial charge in [0.2, 0.25) is 0 Å². The van der Waals surface area contributed by atoms with Crippen LogP contribution in [0.15, 0.2) is 0 Å². The lowest BCUT2D eigenvalue weighted by atomic mass is 9.95. The summed E-state index contributed by atoms with van der Waals surface area (Å²) in [5, 5.41) is 12.9. The van der Waals surface area contributed by atoms with E-state index < -0.39 is 0 Å². The summed E-state index contributed by atoms with van der Waals surface area (Å²) in [6, 6.07) is 0.826. The lowest BCUT2D eigenvalue weighted by Crippen LogP contribution is -2.45. The van der Waals surface area contributed by atoms with Gasteiger partial charge in [0.15, 0.2) is 0 Å². The molecule has 0 aromatic heterocycles. The first kappa shape index (κ1) is 16.9. The number of likely N-dealkylation sites (N-methyl/N-ethyl adjacent to an activating group) is 1. The first-order valence-corrected chi connectivity index (χ1v) is 8.25. The molecule has 2 N–H and O–H groups in total. The van der Waals surface area contributed by atoms with E-state index >= 15 is 0 Å². The smallest absolute Gasteiger partial charge is 0.0610 e. The van der Waals surface area contributed by atoms with Crippen LogP contribution in [0.1, 0.15) is 65.7 Å². The zero-order chi connectivity index (χ0) is 14.1. The number of aliphatic hydroxyl groups is 1. The highest BCUT2D eigenvalue weighted by atomic mass is 16.3. The second-order valence-electron chi connectivity index (χ2n) is 6.30. The molecule has 1 aliphatic rings. The van der Waals surface area contributed by atoms with Crippen molar-refractivity contribution in [2.75, 3.05) is 26.2 Å². The number of nitrogens with zero attached hydrogens (tertiary/aromatic N) is 1. The van der Waals surface area contributed by atoms with Gasteiger partial charge in [0.1, 0.15) is 0 Å². The minimum atomic E-state index is -0.0825. The SMILES string of the molecule is CCNC(C)(CO)CCCCN1CCCCC1CC. The van der Waals surface area contributed by atoms with Gasteiger partial charge in [-0.05, 0) is 58.7 Å². The van der Waals surface area contributed by atoms with Crippen molar-refractivity contribution >= 4 is 0 Å². The number of nitrogens with one attached hydrogen (secondary N) is 1. The molecule has 114 valence electrons. The van der Waals surface area contributed by atoms with Crippen molar-refractivity contribution < 1.29 is 5.11 Å². The summed E-state index contributed by atoms with van der Waals surface area (Å²) >= 11 is 0. The Morgan fingerprint density at radius 2 is 2.05 bits per heavy atom. The van der Waals surface area contributed by atoms with Gasteiger partial charge in [-0.15, -0.1) is 0 Å². The molecule has 0 aromatic rings. The Balaban J connectivity index is 2.22. The van der Waals surface area contributed by atoms with E-state index in [0.29, 0.717) is 0 Å². The Hall–Kier alpha value is -0.120. The van der Waals surface area contributed by atoms with E-state index in [1.165, 1.54) is 51.6 Å². The Kier molecular flexibility index (Phi) is 7.96. The fraction of sp³-hybridized carbons (Fsp3) is 1.00. The maximum absolute atomic E-state index is 9.47. The normalized spacial score (nSPS) is 24.3. The summed E-state index contributed by atoms with van der Waals surface area (Å²) in [6.07, 6.45) is 9.02. The number of unbranched alkanes of at least 4 members (excludes halogenated alkanes) is 1. The number of aliphatic hydroxyl groups excluding tert-OH is 1. The van der Waals surface area contributed by atoms with E-state index in [1.807, 2.05) is 0 Å². The van der Waals surface area contributed by atoms with E-state index in [-0.39, 0.29) is 12.1 Å². The summed E-state index contributed by atoms with van der Waals surface area (Å²) < 4.78 is 0. The molecular formula is C16H34N2O. The molecule has 0 saturated carbocycles. The van der Waals surface area contributed by atoms with Gasteiger partial charge in [0, 0.05) is 11.6 Å². The summed E-state index contributed by atoms with van der Waals surface area (Å²) in [7, 11) is 0. The largest absolute Gasteiger partial charge is 0.394 e. The fourth-order valence-corrected chi connectivity index (χ4v) is 3.30. The van der Waals surface area contributed by atoms with Crippen molar-refractivity contribution in [1.29, 1.82) is 0 Å². The zero-order valence-corrected chi connectivity index (χ0v) is 13.2. The quantitative estimate of drug-likeness (QED) is 0.632. The maximum atomic E-state index is 9.47. The molecular weight excluding hydrogens is 236 g/mol. The van der Waals surface area contributed by atoms with Crippen LogP contribution in [0.3, 0.4) is 0 Å². The summed E-state index contributed by atoms with van der Waals surface area (Å²) in [6.45, 7) is 10.3. The zero-order valence-electron chi connectivity index (χ0n) is 13.2. The summed E-state index contributed by atoms with van der Waals surface area (Å²) in [5.41, 5.74) is -0.0825. The standard InChI is InChI=1S/C16H34N2O/c1-4-15-10-6-8-12-18(15)13-9-7-11-16(3,14-19)17-5-2/h15,17,19H,4-14H2,1-3H3. The minimum Gasteiger partial charge on any atom is -0.394 e. The lowest BCUT2D eigenvalue weighted by Gasteiger charge is -2.35. The van der Waals surface area contributed by atoms with Crippen LogP contribution in [0, 0.1) is 0 Å². The van der Waals surface area contributed by atoms with Crippen LogP contribution in [0.5, 0.6) is 0 Å². The Morgan fingerprint density at radius 1 is 1.26 bits per heavy atom. The van der Waals surface area contributed by atoms with Gasteiger partial charge in [-0.1, -0.05) is 26.7 Å². The number of rotatable bonds is 9. The van der Waals surface area contributed by atoms with Crippen LogP contribution in [-0.4, -0.2) is 47.8 Å². The highest BCUT2D eigenvalue weighted by Crippen LogP contribution is 2.20. The van der Waals surface area contributed by atoms with E-state index in [0.717, 1.165) is 19.0 Å². The average molecular weight is 270 g/mol. The monoisotopic (exact) mass is 270 g/mol. The van der Waals surface area contributed by atoms with Gasteiger partial charge in [0.25, 0.3) is 0 Å². The van der Waals surface area contributed by atoms with E-state index in [4.69, 9.17) is 0 Å². The first-order valence-electron chi connectivity index (χ1n) is 8.25. The Bertz CT molecular complexity index is 235. The number of hydrogen-bond donors (Lipinski definition) is 2. The van der Waals surface area contributed by atoms with Crippen LogP contribution in [-0.2, 0) is 0 Å². The molecule has 0 aromatic carbocycles. The molecule has 0 bridgehead atoms. The highest BCUT2D eigenvalue weighted by Gasteiger charge is 2.22. The second-order valence-corrected chi connectivity index (χ2v) is 6.30. The third-order valence-corrected chi connectivity index (χ3v) is 4.60. The Morgan fingerprint density at radius 3 is 2.68 bits per heavy atom. The number of piperidine rings is 1. The maximum Gasteiger partial charge on any atom is 0.0610 e. The summed E-state index contributed by atoms with van der Waals surface area (Å²) in [5.74, 6) is 0. The fourth-order valence-electron chi connectivity index (χ4n) is 3.30. The molecule has 1 saturated heterocycles. The molecule has 0 amide bonds. The van der Waals surface area contributed by atoms with E-state index in [9.17, 15) is 5.11 Å². The lowest BCUT2D eigenvalue weighted by molar-refractivity contribution is 0.134. The van der Waals surface area contributed by atoms with Crippen LogP contribution >= 0.6 is 0 Å². The topological polar surface area (TPSA) is 35.5 Å². The van der Waals surface area contributed by atoms with E-state index in [2.05, 4.69) is 31.0 Å². The molecule has 1 aliphatic heterocycles. The molecule has 3 heteroatoms. The van der Waals surface area contributed by atoms with Gasteiger partial charge >= 0.3 is 0 Å². The van der Waals surface area contributed by atoms with Gasteiger partial charge < -0.3 is 15.3 Å². The van der Waals surface area contributed by atoms with Crippen molar-refractivity contribution in [3.63, 3.8) is 0 Å². The van der Waals surface area contributed by atoms with Crippen LogP contribution < -0.4 is 5.32 Å². The third-order valence-electron chi connectivity index (χ3n) is 4.60. The molecule has 2 unspecified atom stereocenters. The molecule has 0 aliphatic carbocycles. The van der Waals surface area contributed by atoms with Crippen molar-refractivity contribution in [1.82, 2.24) is 10.2 Å². The predicted octanol–water partition coefficient (Wildman–Crippen LogP) is 2.78. The highest BCUT2D eigenvalue weighted by molar-refractivity contribution is 4.82. The predicted molar refractivity (Wildman–Crippen MR) is 82.5 cm³/mol. The molecule has 3 nitrogen and oxygen atoms in total. The molecule has 0 radical (unpaired) electrons. The van der Waals surface area contributed by atoms with Gasteiger partial charge in [-0.2, -0.15) is 0 Å². The van der Waals surface area contributed by atoms with Gasteiger partial charge in [0.05, 0.1) is 6.61 Å². The van der Waals surface area contributed by atoms with Gasteiger partial charge in [-0.25, -0.2) is 0 Å². The van der Waals surface area contributed by atoms with Gasteiger partial charge in [-0.3, -0.25) is 0 Å². The second kappa shape index (κ2) is 8.93. The first-order chi connectivity index (χ1) is 9.15. The molecule has 1 fully saturated rings. The summed E-state index contributed by atoms with van der Waals surface area (Å²) in [4.78, 5) is 2.69. The molecule has 0 spiro atoms.